The minimum absolute atomic E-state index is 0.0277. The maximum atomic E-state index is 11.3. The third-order valence-corrected chi connectivity index (χ3v) is 3.41. The van der Waals surface area contributed by atoms with Gasteiger partial charge in [0.05, 0.1) is 12.2 Å². The summed E-state index contributed by atoms with van der Waals surface area (Å²) < 4.78 is 21.9. The van der Waals surface area contributed by atoms with Gasteiger partial charge in [0.2, 0.25) is 0 Å². The Morgan fingerprint density at radius 3 is 2.61 bits per heavy atom. The summed E-state index contributed by atoms with van der Waals surface area (Å²) in [5.74, 6) is -0.869. The molecule has 0 aliphatic carbocycles. The number of hydrogen-bond acceptors (Lipinski definition) is 2. The van der Waals surface area contributed by atoms with E-state index in [1.54, 1.807) is 13.0 Å². The number of hydrogen-bond donors (Lipinski definition) is 2. The summed E-state index contributed by atoms with van der Waals surface area (Å²) in [4.78, 5) is 10.6. The van der Waals surface area contributed by atoms with Crippen molar-refractivity contribution >= 4 is 17.2 Å². The van der Waals surface area contributed by atoms with E-state index >= 15 is 0 Å². The minimum Gasteiger partial charge on any atom is -0.481 e. The molecule has 1 unspecified atom stereocenters. The van der Waals surface area contributed by atoms with Crippen LogP contribution in [-0.4, -0.2) is 30.7 Å². The number of aliphatic carboxylic acids is 1. The summed E-state index contributed by atoms with van der Waals surface area (Å²) in [6.45, 7) is 3.93. The van der Waals surface area contributed by atoms with Crippen LogP contribution in [0.4, 0.5) is 0 Å². The highest BCUT2D eigenvalue weighted by Gasteiger charge is 2.23. The fourth-order valence-electron chi connectivity index (χ4n) is 1.85. The number of carboxylic acids is 1. The van der Waals surface area contributed by atoms with Crippen LogP contribution in [-0.2, 0) is 16.1 Å². The summed E-state index contributed by atoms with van der Waals surface area (Å²) in [5, 5.41) is 8.66. The Balaban J connectivity index is 2.99. The highest BCUT2D eigenvalue weighted by molar-refractivity contribution is 7.76. The van der Waals surface area contributed by atoms with Gasteiger partial charge in [-0.2, -0.15) is 0 Å². The monoisotopic (exact) mass is 271 g/mol. The van der Waals surface area contributed by atoms with Crippen LogP contribution in [0.2, 0.25) is 0 Å². The van der Waals surface area contributed by atoms with Crippen molar-refractivity contribution in [3.8, 4) is 0 Å². The SMILES string of the molecule is C/C=C1/C=C(CCC(=O)O)CN(S(=O)O)/C1=C/C. The average molecular weight is 271 g/mol. The first-order chi connectivity index (χ1) is 8.49. The Bertz CT molecular complexity index is 451. The highest BCUT2D eigenvalue weighted by atomic mass is 32.2. The van der Waals surface area contributed by atoms with Gasteiger partial charge in [-0.3, -0.25) is 13.7 Å². The summed E-state index contributed by atoms with van der Waals surface area (Å²) in [7, 11) is 0. The lowest BCUT2D eigenvalue weighted by Gasteiger charge is -2.29. The molecule has 1 heterocycles. The lowest BCUT2D eigenvalue weighted by Crippen LogP contribution is -2.31. The Morgan fingerprint density at radius 2 is 2.17 bits per heavy atom. The molecule has 0 saturated carbocycles. The first kappa shape index (κ1) is 14.7. The van der Waals surface area contributed by atoms with Gasteiger partial charge < -0.3 is 5.11 Å². The van der Waals surface area contributed by atoms with Gasteiger partial charge >= 0.3 is 5.97 Å². The van der Waals surface area contributed by atoms with Gasteiger partial charge in [0.1, 0.15) is 0 Å². The molecule has 1 atom stereocenters. The molecule has 0 aromatic carbocycles. The zero-order valence-corrected chi connectivity index (χ0v) is 11.2. The molecule has 0 spiro atoms. The second-order valence-corrected chi connectivity index (χ2v) is 4.78. The van der Waals surface area contributed by atoms with E-state index in [-0.39, 0.29) is 13.0 Å². The van der Waals surface area contributed by atoms with Crippen molar-refractivity contribution in [3.63, 3.8) is 0 Å². The van der Waals surface area contributed by atoms with Crippen molar-refractivity contribution in [3.05, 3.63) is 35.1 Å². The number of nitrogens with zero attached hydrogens (tertiary/aromatic N) is 1. The topological polar surface area (TPSA) is 77.8 Å². The first-order valence-electron chi connectivity index (χ1n) is 5.62. The van der Waals surface area contributed by atoms with E-state index in [0.717, 1.165) is 11.1 Å². The van der Waals surface area contributed by atoms with Crippen molar-refractivity contribution in [1.29, 1.82) is 0 Å². The lowest BCUT2D eigenvalue weighted by atomic mass is 10.00. The van der Waals surface area contributed by atoms with E-state index in [1.807, 2.05) is 19.1 Å². The molecule has 1 rings (SSSR count). The van der Waals surface area contributed by atoms with Crippen molar-refractivity contribution in [2.75, 3.05) is 6.54 Å². The van der Waals surface area contributed by atoms with Gasteiger partial charge in [-0.05, 0) is 31.4 Å². The Kier molecular flexibility index (Phi) is 5.30. The second kappa shape index (κ2) is 6.51. The molecule has 0 fully saturated rings. The van der Waals surface area contributed by atoms with Crippen molar-refractivity contribution in [2.24, 2.45) is 0 Å². The van der Waals surface area contributed by atoms with Gasteiger partial charge in [0.25, 0.3) is 11.3 Å². The minimum atomic E-state index is -2.10. The molecule has 6 heteroatoms. The Hall–Kier alpha value is -1.40. The molecular formula is C12H17NO4S. The zero-order chi connectivity index (χ0) is 13.7. The van der Waals surface area contributed by atoms with Crippen LogP contribution in [0.15, 0.2) is 35.1 Å². The smallest absolute Gasteiger partial charge is 0.303 e. The van der Waals surface area contributed by atoms with E-state index in [1.165, 1.54) is 4.31 Å². The lowest BCUT2D eigenvalue weighted by molar-refractivity contribution is -0.136. The van der Waals surface area contributed by atoms with Crippen molar-refractivity contribution < 1.29 is 18.7 Å². The van der Waals surface area contributed by atoms with Crippen LogP contribution < -0.4 is 0 Å². The Labute approximate surface area is 109 Å². The van der Waals surface area contributed by atoms with Crippen molar-refractivity contribution in [2.45, 2.75) is 26.7 Å². The van der Waals surface area contributed by atoms with Crippen LogP contribution in [0.1, 0.15) is 26.7 Å². The van der Waals surface area contributed by atoms with E-state index in [4.69, 9.17) is 5.11 Å². The van der Waals surface area contributed by atoms with Crippen LogP contribution in [0, 0.1) is 0 Å². The van der Waals surface area contributed by atoms with E-state index in [0.29, 0.717) is 12.1 Å². The van der Waals surface area contributed by atoms with Crippen LogP contribution >= 0.6 is 0 Å². The molecule has 100 valence electrons. The van der Waals surface area contributed by atoms with Crippen LogP contribution in [0.5, 0.6) is 0 Å². The second-order valence-electron chi connectivity index (χ2n) is 3.88. The summed E-state index contributed by atoms with van der Waals surface area (Å²) in [6.07, 6.45) is 5.92. The molecule has 18 heavy (non-hydrogen) atoms. The average Bonchev–Trinajstić information content (AvgIpc) is 2.34. The maximum Gasteiger partial charge on any atom is 0.303 e. The molecular weight excluding hydrogens is 254 g/mol. The molecule has 0 aromatic heterocycles. The van der Waals surface area contributed by atoms with Gasteiger partial charge in [-0.1, -0.05) is 18.2 Å². The number of carboxylic acid groups (broad SMARTS) is 1. The van der Waals surface area contributed by atoms with Crippen molar-refractivity contribution in [1.82, 2.24) is 4.31 Å². The van der Waals surface area contributed by atoms with E-state index < -0.39 is 17.2 Å². The molecule has 0 saturated heterocycles. The fourth-order valence-corrected chi connectivity index (χ4v) is 2.51. The Morgan fingerprint density at radius 1 is 1.50 bits per heavy atom. The molecule has 1 aliphatic rings. The molecule has 5 nitrogen and oxygen atoms in total. The molecule has 0 aromatic rings. The number of rotatable bonds is 4. The third-order valence-electron chi connectivity index (χ3n) is 2.70. The number of allylic oxidation sites excluding steroid dienone is 3. The first-order valence-corrected chi connectivity index (χ1v) is 6.68. The number of carbonyl (C=O) groups is 1. The molecule has 1 aliphatic heterocycles. The summed E-state index contributed by atoms with van der Waals surface area (Å²) >= 11 is -2.10. The van der Waals surface area contributed by atoms with Crippen LogP contribution in [0.25, 0.3) is 0 Å². The highest BCUT2D eigenvalue weighted by Crippen LogP contribution is 2.27. The summed E-state index contributed by atoms with van der Waals surface area (Å²) in [6, 6.07) is 0. The normalized spacial score (nSPS) is 22.2. The van der Waals surface area contributed by atoms with Crippen LogP contribution in [0.3, 0.4) is 0 Å². The quantitative estimate of drug-likeness (QED) is 0.767. The summed E-state index contributed by atoms with van der Waals surface area (Å²) in [5.41, 5.74) is 2.38. The van der Waals surface area contributed by atoms with Gasteiger partial charge in [0.15, 0.2) is 0 Å². The van der Waals surface area contributed by atoms with E-state index in [2.05, 4.69) is 0 Å². The van der Waals surface area contributed by atoms with E-state index in [9.17, 15) is 13.6 Å². The molecule has 0 amide bonds. The predicted octanol–water partition coefficient (Wildman–Crippen LogP) is 2.08. The van der Waals surface area contributed by atoms with Gasteiger partial charge in [0, 0.05) is 6.42 Å². The third kappa shape index (κ3) is 3.54. The zero-order valence-electron chi connectivity index (χ0n) is 10.4. The standard InChI is InChI=1S/C12H17NO4S/c1-3-10-7-9(5-6-12(14)15)8-13(18(16)17)11(10)4-2/h3-4,7H,5-6,8H2,1-2H3,(H,14,15)(H,16,17)/b10-3-,11-4+. The molecule has 2 N–H and O–H groups in total. The maximum absolute atomic E-state index is 11.3. The molecule has 0 bridgehead atoms. The largest absolute Gasteiger partial charge is 0.481 e. The fraction of sp³-hybridized carbons (Fsp3) is 0.417. The van der Waals surface area contributed by atoms with Gasteiger partial charge in [-0.15, -0.1) is 0 Å². The van der Waals surface area contributed by atoms with Gasteiger partial charge in [-0.25, -0.2) is 4.21 Å². The predicted molar refractivity (Wildman–Crippen MR) is 69.9 cm³/mol. The molecule has 0 radical (unpaired) electrons.